The molecule has 6 nitrogen and oxygen atoms in total. The summed E-state index contributed by atoms with van der Waals surface area (Å²) in [4.78, 5) is 17.8. The molecule has 4 aromatic rings. The third-order valence-electron chi connectivity index (χ3n) is 4.00. The highest BCUT2D eigenvalue weighted by molar-refractivity contribution is 7.15. The largest absolute Gasteiger partial charge is 0.497 e. The summed E-state index contributed by atoms with van der Waals surface area (Å²) in [5.74, 6) is 1.11. The Balaban J connectivity index is 1.45. The third kappa shape index (κ3) is 3.78. The van der Waals surface area contributed by atoms with E-state index >= 15 is 0 Å². The average Bonchev–Trinajstić information content (AvgIpc) is 3.29. The van der Waals surface area contributed by atoms with Crippen molar-refractivity contribution < 1.29 is 14.3 Å². The van der Waals surface area contributed by atoms with Gasteiger partial charge in [0.1, 0.15) is 11.5 Å². The van der Waals surface area contributed by atoms with Crippen molar-refractivity contribution in [3.05, 3.63) is 66.3 Å². The fraction of sp³-hybridized carbons (Fsp3) is 0.100. The fourth-order valence-electron chi connectivity index (χ4n) is 2.68. The molecule has 1 N–H and O–H groups in total. The lowest BCUT2D eigenvalue weighted by atomic mass is 10.1. The minimum Gasteiger partial charge on any atom is -0.497 e. The minimum absolute atomic E-state index is 0.0844. The molecule has 0 aliphatic rings. The summed E-state index contributed by atoms with van der Waals surface area (Å²) in [5, 5.41) is 4.89. The molecule has 2 aromatic heterocycles. The zero-order valence-electron chi connectivity index (χ0n) is 14.6. The van der Waals surface area contributed by atoms with Gasteiger partial charge in [0.25, 0.3) is 5.91 Å². The van der Waals surface area contributed by atoms with Crippen molar-refractivity contribution in [2.45, 2.75) is 0 Å². The van der Waals surface area contributed by atoms with E-state index in [0.29, 0.717) is 11.4 Å². The molecule has 0 bridgehead atoms. The van der Waals surface area contributed by atoms with Gasteiger partial charge in [0.15, 0.2) is 11.6 Å². The lowest BCUT2D eigenvalue weighted by Crippen LogP contribution is -2.20. The molecule has 2 heterocycles. The maximum atomic E-state index is 12.3. The van der Waals surface area contributed by atoms with Gasteiger partial charge in [-0.25, -0.2) is 4.98 Å². The van der Waals surface area contributed by atoms with Crippen LogP contribution in [-0.2, 0) is 4.79 Å². The Morgan fingerprint density at radius 3 is 2.70 bits per heavy atom. The monoisotopic (exact) mass is 379 g/mol. The minimum atomic E-state index is -0.237. The van der Waals surface area contributed by atoms with E-state index in [1.54, 1.807) is 42.7 Å². The molecule has 0 atom stereocenters. The second-order valence-electron chi connectivity index (χ2n) is 5.78. The van der Waals surface area contributed by atoms with E-state index in [0.717, 1.165) is 22.0 Å². The summed E-state index contributed by atoms with van der Waals surface area (Å²) in [6, 6.07) is 14.7. The van der Waals surface area contributed by atoms with Gasteiger partial charge in [-0.1, -0.05) is 18.2 Å². The first kappa shape index (κ1) is 17.1. The smallest absolute Gasteiger partial charge is 0.262 e. The molecule has 0 aliphatic carbocycles. The first-order chi connectivity index (χ1) is 13.2. The second-order valence-corrected chi connectivity index (χ2v) is 6.65. The summed E-state index contributed by atoms with van der Waals surface area (Å²) >= 11 is 1.57. The van der Waals surface area contributed by atoms with Crippen molar-refractivity contribution in [2.24, 2.45) is 0 Å². The molecule has 0 aliphatic heterocycles. The lowest BCUT2D eigenvalue weighted by Gasteiger charge is -2.10. The first-order valence-corrected chi connectivity index (χ1v) is 9.19. The Morgan fingerprint density at radius 1 is 1.15 bits per heavy atom. The number of fused-ring (bicyclic) bond motifs is 1. The third-order valence-corrected chi connectivity index (χ3v) is 4.77. The molecular weight excluding hydrogens is 362 g/mol. The topological polar surface area (TPSA) is 64.9 Å². The van der Waals surface area contributed by atoms with E-state index in [1.165, 1.54) is 0 Å². The van der Waals surface area contributed by atoms with Gasteiger partial charge in [-0.3, -0.25) is 9.20 Å². The number of hydrogen-bond donors (Lipinski definition) is 1. The number of carbonyl (C=O) groups excluding carboxylic acids is 1. The molecule has 0 saturated carbocycles. The molecule has 0 saturated heterocycles. The number of carbonyl (C=O) groups is 1. The van der Waals surface area contributed by atoms with Crippen LogP contribution in [0.3, 0.4) is 0 Å². The number of imidazole rings is 1. The predicted octanol–water partition coefficient (Wildman–Crippen LogP) is 4.09. The van der Waals surface area contributed by atoms with E-state index in [1.807, 2.05) is 46.4 Å². The highest BCUT2D eigenvalue weighted by Crippen LogP contribution is 2.28. The summed E-state index contributed by atoms with van der Waals surface area (Å²) in [5.41, 5.74) is 2.38. The number of ether oxygens (including phenoxy) is 2. The predicted molar refractivity (Wildman–Crippen MR) is 106 cm³/mol. The molecule has 0 spiro atoms. The van der Waals surface area contributed by atoms with Crippen LogP contribution < -0.4 is 14.8 Å². The highest BCUT2D eigenvalue weighted by Gasteiger charge is 2.12. The number of nitrogens with zero attached hydrogens (tertiary/aromatic N) is 2. The second kappa shape index (κ2) is 7.51. The van der Waals surface area contributed by atoms with Gasteiger partial charge in [0, 0.05) is 23.3 Å². The SMILES string of the molecule is COc1ccc(OCC(=O)Nc2ccccc2-c2cn3ccsc3n2)cc1. The van der Waals surface area contributed by atoms with Crippen LogP contribution >= 0.6 is 11.3 Å². The van der Waals surface area contributed by atoms with Crippen molar-refractivity contribution in [3.8, 4) is 22.8 Å². The Labute approximate surface area is 160 Å². The molecule has 4 rings (SSSR count). The summed E-state index contributed by atoms with van der Waals surface area (Å²) < 4.78 is 12.6. The van der Waals surface area contributed by atoms with Crippen LogP contribution in [0, 0.1) is 0 Å². The van der Waals surface area contributed by atoms with E-state index < -0.39 is 0 Å². The van der Waals surface area contributed by atoms with Crippen LogP contribution in [0.5, 0.6) is 11.5 Å². The fourth-order valence-corrected chi connectivity index (χ4v) is 3.38. The Kier molecular flexibility index (Phi) is 4.76. The van der Waals surface area contributed by atoms with Crippen molar-refractivity contribution in [1.82, 2.24) is 9.38 Å². The molecule has 0 radical (unpaired) electrons. The molecular formula is C20H17N3O3S. The van der Waals surface area contributed by atoms with Crippen LogP contribution in [0.4, 0.5) is 5.69 Å². The number of methoxy groups -OCH3 is 1. The van der Waals surface area contributed by atoms with Gasteiger partial charge in [-0.15, -0.1) is 11.3 Å². The maximum absolute atomic E-state index is 12.3. The summed E-state index contributed by atoms with van der Waals surface area (Å²) in [6.45, 7) is -0.0844. The molecule has 1 amide bonds. The van der Waals surface area contributed by atoms with Crippen molar-refractivity contribution in [1.29, 1.82) is 0 Å². The number of hydrogen-bond acceptors (Lipinski definition) is 5. The summed E-state index contributed by atoms with van der Waals surface area (Å²) in [7, 11) is 1.60. The number of nitrogens with one attached hydrogen (secondary N) is 1. The van der Waals surface area contributed by atoms with Crippen molar-refractivity contribution in [2.75, 3.05) is 19.0 Å². The number of anilines is 1. The Bertz CT molecular complexity index is 1040. The van der Waals surface area contributed by atoms with Crippen molar-refractivity contribution in [3.63, 3.8) is 0 Å². The van der Waals surface area contributed by atoms with E-state index in [-0.39, 0.29) is 12.5 Å². The standard InChI is InChI=1S/C20H17N3O3S/c1-25-14-6-8-15(9-7-14)26-13-19(24)21-17-5-3-2-4-16(17)18-12-23-10-11-27-20(23)22-18/h2-12H,13H2,1H3,(H,21,24). The molecule has 7 heteroatoms. The molecule has 27 heavy (non-hydrogen) atoms. The van der Waals surface area contributed by atoms with Gasteiger partial charge in [0.05, 0.1) is 18.5 Å². The van der Waals surface area contributed by atoms with Crippen LogP contribution in [0.15, 0.2) is 66.3 Å². The van der Waals surface area contributed by atoms with Crippen LogP contribution in [0.2, 0.25) is 0 Å². The summed E-state index contributed by atoms with van der Waals surface area (Å²) in [6.07, 6.45) is 3.91. The number of benzene rings is 2. The number of rotatable bonds is 6. The van der Waals surface area contributed by atoms with Crippen LogP contribution in [0.1, 0.15) is 0 Å². The van der Waals surface area contributed by atoms with Crippen LogP contribution in [0.25, 0.3) is 16.2 Å². The first-order valence-electron chi connectivity index (χ1n) is 8.31. The molecule has 2 aromatic carbocycles. The van der Waals surface area contributed by atoms with E-state index in [4.69, 9.17) is 9.47 Å². The maximum Gasteiger partial charge on any atom is 0.262 e. The quantitative estimate of drug-likeness (QED) is 0.548. The van der Waals surface area contributed by atoms with Gasteiger partial charge < -0.3 is 14.8 Å². The van der Waals surface area contributed by atoms with Gasteiger partial charge >= 0.3 is 0 Å². The normalized spacial score (nSPS) is 10.7. The Morgan fingerprint density at radius 2 is 1.93 bits per heavy atom. The van der Waals surface area contributed by atoms with E-state index in [2.05, 4.69) is 10.3 Å². The number of aromatic nitrogens is 2. The van der Waals surface area contributed by atoms with E-state index in [9.17, 15) is 4.79 Å². The number of thiazole rings is 1. The van der Waals surface area contributed by atoms with Crippen LogP contribution in [-0.4, -0.2) is 29.0 Å². The number of amides is 1. The lowest BCUT2D eigenvalue weighted by molar-refractivity contribution is -0.118. The molecule has 0 fully saturated rings. The highest BCUT2D eigenvalue weighted by atomic mass is 32.1. The van der Waals surface area contributed by atoms with Gasteiger partial charge in [0.2, 0.25) is 0 Å². The average molecular weight is 379 g/mol. The molecule has 0 unspecified atom stereocenters. The van der Waals surface area contributed by atoms with Gasteiger partial charge in [-0.2, -0.15) is 0 Å². The Hall–Kier alpha value is -3.32. The van der Waals surface area contributed by atoms with Crippen molar-refractivity contribution >= 4 is 27.9 Å². The molecule has 136 valence electrons. The number of para-hydroxylation sites is 1. The van der Waals surface area contributed by atoms with Gasteiger partial charge in [-0.05, 0) is 30.3 Å². The zero-order valence-corrected chi connectivity index (χ0v) is 15.4. The zero-order chi connectivity index (χ0) is 18.6.